The maximum absolute atomic E-state index is 13.0. The van der Waals surface area contributed by atoms with Crippen LogP contribution in [0.2, 0.25) is 0 Å². The highest BCUT2D eigenvalue weighted by molar-refractivity contribution is 9.18. The summed E-state index contributed by atoms with van der Waals surface area (Å²) in [5.41, 5.74) is -0.0694. The third kappa shape index (κ3) is 1.64. The van der Waals surface area contributed by atoms with E-state index in [1.807, 2.05) is 0 Å². The molecule has 0 fully saturated rings. The SMILES string of the molecule is COc1cccc(F)c1C(=O)Br. The fourth-order valence-corrected chi connectivity index (χ4v) is 1.25. The molecule has 0 aromatic heterocycles. The van der Waals surface area contributed by atoms with Gasteiger partial charge in [0.15, 0.2) is 0 Å². The average Bonchev–Trinajstić information content (AvgIpc) is 2.03. The minimum Gasteiger partial charge on any atom is -0.496 e. The fourth-order valence-electron chi connectivity index (χ4n) is 0.865. The number of hydrogen-bond acceptors (Lipinski definition) is 2. The molecule has 0 aliphatic carbocycles. The molecule has 4 heteroatoms. The summed E-state index contributed by atoms with van der Waals surface area (Å²) in [5, 5.41) is 0. The van der Waals surface area contributed by atoms with E-state index in [2.05, 4.69) is 15.9 Å². The van der Waals surface area contributed by atoms with Crippen molar-refractivity contribution in [2.75, 3.05) is 7.11 Å². The summed E-state index contributed by atoms with van der Waals surface area (Å²) in [6.07, 6.45) is 0. The minimum absolute atomic E-state index is 0.0694. The van der Waals surface area contributed by atoms with Gasteiger partial charge in [-0.1, -0.05) is 6.07 Å². The topological polar surface area (TPSA) is 26.3 Å². The Hall–Kier alpha value is -0.900. The van der Waals surface area contributed by atoms with Crippen LogP contribution in [0.25, 0.3) is 0 Å². The Morgan fingerprint density at radius 2 is 2.25 bits per heavy atom. The van der Waals surface area contributed by atoms with Crippen molar-refractivity contribution in [1.29, 1.82) is 0 Å². The summed E-state index contributed by atoms with van der Waals surface area (Å²) in [6, 6.07) is 4.21. The molecule has 0 saturated carbocycles. The van der Waals surface area contributed by atoms with Crippen LogP contribution >= 0.6 is 15.9 Å². The molecule has 0 radical (unpaired) electrons. The van der Waals surface area contributed by atoms with Crippen LogP contribution in [-0.2, 0) is 0 Å². The maximum atomic E-state index is 13.0. The van der Waals surface area contributed by atoms with Gasteiger partial charge in [0, 0.05) is 0 Å². The van der Waals surface area contributed by atoms with Crippen LogP contribution < -0.4 is 4.74 Å². The van der Waals surface area contributed by atoms with Crippen LogP contribution in [-0.4, -0.2) is 11.8 Å². The largest absolute Gasteiger partial charge is 0.496 e. The summed E-state index contributed by atoms with van der Waals surface area (Å²) < 4.78 is 17.2. The lowest BCUT2D eigenvalue weighted by molar-refractivity contribution is 0.109. The molecule has 0 bridgehead atoms. The van der Waals surface area contributed by atoms with E-state index < -0.39 is 10.5 Å². The first-order valence-electron chi connectivity index (χ1n) is 3.19. The maximum Gasteiger partial charge on any atom is 0.234 e. The van der Waals surface area contributed by atoms with E-state index in [1.165, 1.54) is 25.3 Å². The van der Waals surface area contributed by atoms with Crippen molar-refractivity contribution in [3.8, 4) is 5.75 Å². The molecular weight excluding hydrogens is 227 g/mol. The first-order chi connectivity index (χ1) is 5.66. The van der Waals surface area contributed by atoms with E-state index in [-0.39, 0.29) is 11.3 Å². The zero-order valence-corrected chi connectivity index (χ0v) is 7.89. The lowest BCUT2D eigenvalue weighted by Gasteiger charge is -2.04. The molecule has 0 aliphatic rings. The number of carbonyl (C=O) groups excluding carboxylic acids is 1. The van der Waals surface area contributed by atoms with Crippen molar-refractivity contribution in [3.05, 3.63) is 29.6 Å². The third-order valence-corrected chi connectivity index (χ3v) is 1.79. The highest BCUT2D eigenvalue weighted by Crippen LogP contribution is 2.23. The molecule has 1 rings (SSSR count). The zero-order chi connectivity index (χ0) is 9.14. The number of ether oxygens (including phenoxy) is 1. The first kappa shape index (κ1) is 9.19. The van der Waals surface area contributed by atoms with Gasteiger partial charge >= 0.3 is 0 Å². The highest BCUT2D eigenvalue weighted by Gasteiger charge is 2.13. The molecule has 0 amide bonds. The normalized spacial score (nSPS) is 9.58. The van der Waals surface area contributed by atoms with E-state index >= 15 is 0 Å². The Morgan fingerprint density at radius 3 is 2.67 bits per heavy atom. The number of hydrogen-bond donors (Lipinski definition) is 0. The van der Waals surface area contributed by atoms with E-state index in [0.29, 0.717) is 0 Å². The molecule has 0 N–H and O–H groups in total. The molecular formula is C8H6BrFO2. The Morgan fingerprint density at radius 1 is 1.58 bits per heavy atom. The predicted octanol–water partition coefficient (Wildman–Crippen LogP) is 2.37. The van der Waals surface area contributed by atoms with Gasteiger partial charge in [-0.2, -0.15) is 0 Å². The van der Waals surface area contributed by atoms with Crippen molar-refractivity contribution in [2.24, 2.45) is 0 Å². The van der Waals surface area contributed by atoms with Crippen molar-refractivity contribution >= 4 is 20.6 Å². The van der Waals surface area contributed by atoms with Crippen molar-refractivity contribution < 1.29 is 13.9 Å². The van der Waals surface area contributed by atoms with Gasteiger partial charge < -0.3 is 4.74 Å². The second kappa shape index (κ2) is 3.67. The molecule has 0 saturated heterocycles. The molecule has 0 heterocycles. The molecule has 0 unspecified atom stereocenters. The van der Waals surface area contributed by atoms with Crippen LogP contribution in [0.3, 0.4) is 0 Å². The molecule has 0 atom stereocenters. The number of rotatable bonds is 2. The molecule has 0 aliphatic heterocycles. The predicted molar refractivity (Wildman–Crippen MR) is 46.2 cm³/mol. The lowest BCUT2D eigenvalue weighted by atomic mass is 10.2. The van der Waals surface area contributed by atoms with E-state index in [1.54, 1.807) is 0 Å². The Balaban J connectivity index is 3.29. The van der Waals surface area contributed by atoms with Gasteiger partial charge in [-0.15, -0.1) is 0 Å². The lowest BCUT2D eigenvalue weighted by Crippen LogP contribution is -1.98. The van der Waals surface area contributed by atoms with E-state index in [9.17, 15) is 9.18 Å². The van der Waals surface area contributed by atoms with Gasteiger partial charge in [0.05, 0.1) is 7.11 Å². The smallest absolute Gasteiger partial charge is 0.234 e. The van der Waals surface area contributed by atoms with Gasteiger partial charge in [-0.3, -0.25) is 4.79 Å². The monoisotopic (exact) mass is 232 g/mol. The Kier molecular flexibility index (Phi) is 2.81. The van der Waals surface area contributed by atoms with Gasteiger partial charge in [-0.05, 0) is 28.1 Å². The molecule has 1 aromatic rings. The Labute approximate surface area is 77.5 Å². The quantitative estimate of drug-likeness (QED) is 0.733. The minimum atomic E-state index is -0.587. The third-order valence-electron chi connectivity index (χ3n) is 1.39. The molecule has 1 aromatic carbocycles. The van der Waals surface area contributed by atoms with Crippen LogP contribution in [0.5, 0.6) is 5.75 Å². The second-order valence-corrected chi connectivity index (χ2v) is 2.81. The first-order valence-corrected chi connectivity index (χ1v) is 3.98. The van der Waals surface area contributed by atoms with Crippen LogP contribution in [0, 0.1) is 5.82 Å². The molecule has 2 nitrogen and oxygen atoms in total. The summed E-state index contributed by atoms with van der Waals surface area (Å²) in [7, 11) is 1.38. The number of methoxy groups -OCH3 is 1. The standard InChI is InChI=1S/C8H6BrFO2/c1-12-6-4-2-3-5(10)7(6)8(9)11/h2-4H,1H3. The highest BCUT2D eigenvalue weighted by atomic mass is 79.9. The van der Waals surface area contributed by atoms with Gasteiger partial charge in [0.2, 0.25) is 4.69 Å². The molecule has 0 spiro atoms. The van der Waals surface area contributed by atoms with E-state index in [4.69, 9.17) is 4.74 Å². The van der Waals surface area contributed by atoms with Crippen molar-refractivity contribution in [1.82, 2.24) is 0 Å². The van der Waals surface area contributed by atoms with Crippen LogP contribution in [0.15, 0.2) is 18.2 Å². The summed E-state index contributed by atoms with van der Waals surface area (Å²) in [5.74, 6) is -0.354. The molecule has 12 heavy (non-hydrogen) atoms. The summed E-state index contributed by atoms with van der Waals surface area (Å²) in [4.78, 5) is 10.8. The summed E-state index contributed by atoms with van der Waals surface area (Å²) >= 11 is 2.67. The molecule has 64 valence electrons. The van der Waals surface area contributed by atoms with Crippen molar-refractivity contribution in [2.45, 2.75) is 0 Å². The zero-order valence-electron chi connectivity index (χ0n) is 6.30. The van der Waals surface area contributed by atoms with Gasteiger partial charge in [-0.25, -0.2) is 4.39 Å². The second-order valence-electron chi connectivity index (χ2n) is 2.09. The number of halogens is 2. The van der Waals surface area contributed by atoms with Gasteiger partial charge in [0.1, 0.15) is 17.1 Å². The summed E-state index contributed by atoms with van der Waals surface area (Å²) in [6.45, 7) is 0. The van der Waals surface area contributed by atoms with E-state index in [0.717, 1.165) is 0 Å². The van der Waals surface area contributed by atoms with Gasteiger partial charge in [0.25, 0.3) is 0 Å². The van der Waals surface area contributed by atoms with Crippen LogP contribution in [0.4, 0.5) is 4.39 Å². The fraction of sp³-hybridized carbons (Fsp3) is 0.125. The average molecular weight is 233 g/mol. The number of carbonyl (C=O) groups is 1. The van der Waals surface area contributed by atoms with Crippen LogP contribution in [0.1, 0.15) is 10.4 Å². The number of benzene rings is 1. The Bertz CT molecular complexity index is 312. The van der Waals surface area contributed by atoms with Crippen molar-refractivity contribution in [3.63, 3.8) is 0 Å².